The molecule has 2 aromatic carbocycles. The minimum Gasteiger partial charge on any atom is -0.340 e. The number of fused-ring (bicyclic) bond motifs is 1. The van der Waals surface area contributed by atoms with E-state index in [4.69, 9.17) is 0 Å². The van der Waals surface area contributed by atoms with Crippen LogP contribution < -0.4 is 0 Å². The molecule has 4 fully saturated rings. The van der Waals surface area contributed by atoms with E-state index < -0.39 is 0 Å². The Morgan fingerprint density at radius 3 is 2.00 bits per heavy atom. The molecule has 4 aliphatic heterocycles. The van der Waals surface area contributed by atoms with Crippen molar-refractivity contribution in [1.82, 2.24) is 14.4 Å². The second-order valence-corrected chi connectivity index (χ2v) is 10.4. The lowest BCUT2D eigenvalue weighted by Gasteiger charge is -2.66. The summed E-state index contributed by atoms with van der Waals surface area (Å²) in [6.45, 7) is 11.2. The van der Waals surface area contributed by atoms with E-state index in [1.54, 1.807) is 0 Å². The summed E-state index contributed by atoms with van der Waals surface area (Å²) < 4.78 is 2.49. The van der Waals surface area contributed by atoms with Gasteiger partial charge in [-0.2, -0.15) is 0 Å². The van der Waals surface area contributed by atoms with E-state index >= 15 is 0 Å². The minimum absolute atomic E-state index is 0.181. The number of rotatable bonds is 5. The van der Waals surface area contributed by atoms with E-state index in [9.17, 15) is 4.79 Å². The van der Waals surface area contributed by atoms with Crippen molar-refractivity contribution in [2.45, 2.75) is 46.3 Å². The highest BCUT2D eigenvalue weighted by atomic mass is 16.1. The van der Waals surface area contributed by atoms with Crippen molar-refractivity contribution >= 4 is 16.7 Å². The third-order valence-electron chi connectivity index (χ3n) is 8.75. The number of benzene rings is 2. The summed E-state index contributed by atoms with van der Waals surface area (Å²) in [7, 11) is 0. The zero-order chi connectivity index (χ0) is 22.1. The van der Waals surface area contributed by atoms with Crippen LogP contribution in [-0.4, -0.2) is 46.3 Å². The summed E-state index contributed by atoms with van der Waals surface area (Å²) in [5.41, 5.74) is 5.08. The Hall–Kier alpha value is -2.43. The van der Waals surface area contributed by atoms with Gasteiger partial charge in [0.05, 0.1) is 17.0 Å². The van der Waals surface area contributed by atoms with E-state index in [1.807, 2.05) is 0 Å². The molecule has 4 bridgehead atoms. The van der Waals surface area contributed by atoms with Crippen molar-refractivity contribution < 1.29 is 4.79 Å². The predicted octanol–water partition coefficient (Wildman–Crippen LogP) is 5.00. The Balaban J connectivity index is 1.48. The molecule has 0 atom stereocenters. The van der Waals surface area contributed by atoms with E-state index in [-0.39, 0.29) is 17.0 Å². The molecule has 166 valence electrons. The van der Waals surface area contributed by atoms with Crippen molar-refractivity contribution in [3.63, 3.8) is 0 Å². The van der Waals surface area contributed by atoms with Gasteiger partial charge >= 0.3 is 0 Å². The number of hydrogen-bond donors (Lipinski definition) is 0. The standard InChI is InChI=1S/C28H33N3O/c1-4-27-16-29-18-28(5-2,26(27)32)19-30(17-27)25(29)24-20(3)31(15-21-11-7-6-8-12-21)23-14-10-9-13-22(23)24/h6-14,25H,4-5,15-19H2,1-3H3. The molecule has 0 N–H and O–H groups in total. The third kappa shape index (κ3) is 2.60. The molecule has 0 radical (unpaired) electrons. The van der Waals surface area contributed by atoms with Gasteiger partial charge in [-0.05, 0) is 31.4 Å². The fourth-order valence-corrected chi connectivity index (χ4v) is 7.08. The van der Waals surface area contributed by atoms with Crippen molar-refractivity contribution in [2.75, 3.05) is 26.2 Å². The first-order valence-electron chi connectivity index (χ1n) is 12.2. The van der Waals surface area contributed by atoms with Gasteiger partial charge in [0.25, 0.3) is 0 Å². The maximum atomic E-state index is 13.6. The lowest BCUT2D eigenvalue weighted by Crippen LogP contribution is -2.76. The van der Waals surface area contributed by atoms with Gasteiger partial charge in [0, 0.05) is 54.9 Å². The van der Waals surface area contributed by atoms with E-state index in [0.29, 0.717) is 5.78 Å². The summed E-state index contributed by atoms with van der Waals surface area (Å²) in [6.07, 6.45) is 2.16. The number of carbonyl (C=O) groups is 1. The second kappa shape index (κ2) is 7.03. The van der Waals surface area contributed by atoms with E-state index in [2.05, 4.69) is 89.7 Å². The fraction of sp³-hybridized carbons (Fsp3) is 0.464. The molecule has 0 aliphatic carbocycles. The van der Waals surface area contributed by atoms with Gasteiger partial charge in [0.15, 0.2) is 0 Å². The SMILES string of the molecule is CCC12CN3CC(CC)(CN(C1)C3c1c(C)n(Cc3ccccc3)c3ccccc13)C2=O. The van der Waals surface area contributed by atoms with Crippen LogP contribution in [0.5, 0.6) is 0 Å². The first-order valence-corrected chi connectivity index (χ1v) is 12.2. The molecule has 7 rings (SSSR count). The first-order chi connectivity index (χ1) is 15.5. The Labute approximate surface area is 190 Å². The largest absolute Gasteiger partial charge is 0.340 e. The Morgan fingerprint density at radius 2 is 1.41 bits per heavy atom. The molecular formula is C28H33N3O. The second-order valence-electron chi connectivity index (χ2n) is 10.4. The summed E-state index contributed by atoms with van der Waals surface area (Å²) in [5.74, 6) is 0.546. The van der Waals surface area contributed by atoms with Crippen molar-refractivity contribution in [3.05, 3.63) is 71.4 Å². The number of nitrogens with zero attached hydrogens (tertiary/aromatic N) is 3. The van der Waals surface area contributed by atoms with Crippen molar-refractivity contribution in [1.29, 1.82) is 0 Å². The van der Waals surface area contributed by atoms with Crippen LogP contribution in [0.3, 0.4) is 0 Å². The number of piperidine rings is 2. The van der Waals surface area contributed by atoms with Gasteiger partial charge in [-0.25, -0.2) is 0 Å². The lowest BCUT2D eigenvalue weighted by atomic mass is 9.58. The smallest absolute Gasteiger partial charge is 0.150 e. The molecule has 4 nitrogen and oxygen atoms in total. The third-order valence-corrected chi connectivity index (χ3v) is 8.75. The van der Waals surface area contributed by atoms with E-state index in [1.165, 1.54) is 27.7 Å². The number of carbonyl (C=O) groups excluding carboxylic acids is 1. The maximum absolute atomic E-state index is 13.6. The summed E-state index contributed by atoms with van der Waals surface area (Å²) in [4.78, 5) is 18.8. The maximum Gasteiger partial charge on any atom is 0.150 e. The van der Waals surface area contributed by atoms with Crippen LogP contribution in [0, 0.1) is 17.8 Å². The van der Waals surface area contributed by atoms with Crippen LogP contribution in [0.15, 0.2) is 54.6 Å². The number of para-hydroxylation sites is 1. The molecule has 0 spiro atoms. The van der Waals surface area contributed by atoms with Crippen LogP contribution in [0.4, 0.5) is 0 Å². The summed E-state index contributed by atoms with van der Waals surface area (Å²) >= 11 is 0. The van der Waals surface area contributed by atoms with Crippen LogP contribution in [0.1, 0.15) is 49.7 Å². The molecule has 4 heteroatoms. The molecule has 5 heterocycles. The zero-order valence-electron chi connectivity index (χ0n) is 19.5. The number of aromatic nitrogens is 1. The Morgan fingerprint density at radius 1 is 0.844 bits per heavy atom. The van der Waals surface area contributed by atoms with Gasteiger partial charge in [-0.15, -0.1) is 0 Å². The quantitative estimate of drug-likeness (QED) is 0.573. The zero-order valence-corrected chi connectivity index (χ0v) is 19.5. The normalized spacial score (nSPS) is 33.3. The number of Topliss-reactive ketones (excluding diaryl/α,β-unsaturated/α-hetero) is 1. The molecular weight excluding hydrogens is 394 g/mol. The minimum atomic E-state index is -0.181. The summed E-state index contributed by atoms with van der Waals surface area (Å²) in [6, 6.07) is 19.6. The molecule has 3 aromatic rings. The van der Waals surface area contributed by atoms with Gasteiger partial charge in [-0.1, -0.05) is 62.4 Å². The molecule has 32 heavy (non-hydrogen) atoms. The van der Waals surface area contributed by atoms with Crippen molar-refractivity contribution in [3.8, 4) is 0 Å². The highest BCUT2D eigenvalue weighted by Crippen LogP contribution is 2.55. The Bertz CT molecular complexity index is 1150. The molecule has 0 unspecified atom stereocenters. The number of ketones is 1. The molecule has 4 saturated heterocycles. The average molecular weight is 428 g/mol. The lowest BCUT2D eigenvalue weighted by molar-refractivity contribution is -0.204. The fourth-order valence-electron chi connectivity index (χ4n) is 7.08. The average Bonchev–Trinajstić information content (AvgIpc) is 3.08. The molecule has 0 amide bonds. The highest BCUT2D eigenvalue weighted by Gasteiger charge is 2.64. The van der Waals surface area contributed by atoms with Gasteiger partial charge in [-0.3, -0.25) is 14.6 Å². The van der Waals surface area contributed by atoms with Crippen LogP contribution in [0.2, 0.25) is 0 Å². The highest BCUT2D eigenvalue weighted by molar-refractivity contribution is 5.94. The van der Waals surface area contributed by atoms with Gasteiger partial charge in [0.1, 0.15) is 5.78 Å². The molecule has 1 aromatic heterocycles. The summed E-state index contributed by atoms with van der Waals surface area (Å²) in [5, 5.41) is 1.36. The van der Waals surface area contributed by atoms with Crippen LogP contribution >= 0.6 is 0 Å². The van der Waals surface area contributed by atoms with Crippen molar-refractivity contribution in [2.24, 2.45) is 10.8 Å². The molecule has 0 saturated carbocycles. The van der Waals surface area contributed by atoms with Gasteiger partial charge in [0.2, 0.25) is 0 Å². The Kier molecular flexibility index (Phi) is 4.44. The predicted molar refractivity (Wildman–Crippen MR) is 129 cm³/mol. The van der Waals surface area contributed by atoms with Crippen LogP contribution in [0.25, 0.3) is 10.9 Å². The molecule has 4 aliphatic rings. The monoisotopic (exact) mass is 427 g/mol. The topological polar surface area (TPSA) is 28.5 Å². The first kappa shape index (κ1) is 20.2. The van der Waals surface area contributed by atoms with Gasteiger partial charge < -0.3 is 4.57 Å². The van der Waals surface area contributed by atoms with Crippen LogP contribution in [-0.2, 0) is 11.3 Å². The number of hydrogen-bond acceptors (Lipinski definition) is 3. The van der Waals surface area contributed by atoms with E-state index in [0.717, 1.165) is 45.6 Å².